The molecule has 12 nitrogen and oxygen atoms in total. The zero-order valence-corrected chi connectivity index (χ0v) is 37.0. The number of hydrogen-bond acceptors (Lipinski definition) is 11. The van der Waals surface area contributed by atoms with Crippen molar-refractivity contribution in [3.8, 4) is 22.5 Å². The van der Waals surface area contributed by atoms with Gasteiger partial charge in [0.15, 0.2) is 16.6 Å². The van der Waals surface area contributed by atoms with Crippen molar-refractivity contribution in [2.75, 3.05) is 13.7 Å². The van der Waals surface area contributed by atoms with Crippen molar-refractivity contribution < 1.29 is 36.7 Å². The lowest BCUT2D eigenvalue weighted by Crippen LogP contribution is -2.47. The molecule has 4 aromatic rings. The number of allylic oxidation sites excluding steroid dienone is 2. The summed E-state index contributed by atoms with van der Waals surface area (Å²) in [6, 6.07) is 8.95. The first-order valence-electron chi connectivity index (χ1n) is 21.4. The molecule has 8 rings (SSSR count). The molecule has 61 heavy (non-hydrogen) atoms. The van der Waals surface area contributed by atoms with Crippen molar-refractivity contribution in [2.45, 2.75) is 121 Å². The molecule has 324 valence electrons. The quantitative estimate of drug-likeness (QED) is 0.155. The number of ketones is 1. The van der Waals surface area contributed by atoms with Crippen molar-refractivity contribution in [1.82, 2.24) is 24.6 Å². The predicted octanol–water partition coefficient (Wildman–Crippen LogP) is 8.02. The van der Waals surface area contributed by atoms with Crippen LogP contribution < -0.4 is 14.2 Å². The summed E-state index contributed by atoms with van der Waals surface area (Å²) in [6.07, 6.45) is 8.47. The molecule has 15 heteroatoms. The Morgan fingerprint density at radius 2 is 1.90 bits per heavy atom. The van der Waals surface area contributed by atoms with Crippen molar-refractivity contribution in [3.63, 3.8) is 0 Å². The van der Waals surface area contributed by atoms with Gasteiger partial charge in [0.1, 0.15) is 17.7 Å². The summed E-state index contributed by atoms with van der Waals surface area (Å²) in [5.41, 5.74) is 1.74. The SMILES string of the molecule is COc1ccc2c(O[C@@H]3C[C@H]4C(=O)C[C@]5(C(=O)NS(=O)(=O)C6(C)CC6)C[C@@H]5/C=C\CCCCC[C@H](Cc5cccc(F)c5)C(=O)N4C3)nc(-c3nc(C(C)C)cs3)nc2c1C. The van der Waals surface area contributed by atoms with Crippen LogP contribution in [0.15, 0.2) is 53.9 Å². The summed E-state index contributed by atoms with van der Waals surface area (Å²) < 4.78 is 54.8. The molecule has 5 atom stereocenters. The van der Waals surface area contributed by atoms with Crippen LogP contribution in [0, 0.1) is 30.0 Å². The molecule has 2 aromatic carbocycles. The first-order chi connectivity index (χ1) is 29.1. The summed E-state index contributed by atoms with van der Waals surface area (Å²) >= 11 is 1.44. The Hall–Kier alpha value is -4.76. The van der Waals surface area contributed by atoms with E-state index in [4.69, 9.17) is 24.4 Å². The highest BCUT2D eigenvalue weighted by molar-refractivity contribution is 7.91. The molecule has 2 saturated carbocycles. The zero-order chi connectivity index (χ0) is 43.3. The predicted molar refractivity (Wildman–Crippen MR) is 231 cm³/mol. The van der Waals surface area contributed by atoms with Gasteiger partial charge in [-0.25, -0.2) is 22.8 Å². The number of carbonyl (C=O) groups excluding carboxylic acids is 3. The Balaban J connectivity index is 1.15. The van der Waals surface area contributed by atoms with Crippen LogP contribution in [0.2, 0.25) is 0 Å². The number of methoxy groups -OCH3 is 1. The number of aromatic nitrogens is 3. The van der Waals surface area contributed by atoms with Crippen molar-refractivity contribution in [2.24, 2.45) is 17.3 Å². The van der Waals surface area contributed by atoms with E-state index >= 15 is 0 Å². The number of nitrogens with one attached hydrogen (secondary N) is 1. The third-order valence-electron chi connectivity index (χ3n) is 13.2. The lowest BCUT2D eigenvalue weighted by Gasteiger charge is -2.29. The molecule has 0 bridgehead atoms. The van der Waals surface area contributed by atoms with Gasteiger partial charge in [-0.2, -0.15) is 4.98 Å². The van der Waals surface area contributed by atoms with Crippen molar-refractivity contribution in [1.29, 1.82) is 0 Å². The number of benzene rings is 2. The topological polar surface area (TPSA) is 158 Å². The number of rotatable bonds is 10. The molecule has 0 radical (unpaired) electrons. The minimum atomic E-state index is -3.96. The average Bonchev–Trinajstić information content (AvgIpc) is 3.99. The Labute approximate surface area is 360 Å². The number of hydrogen-bond donors (Lipinski definition) is 1. The normalized spacial score (nSPS) is 25.9. The molecule has 0 unspecified atom stereocenters. The first-order valence-corrected chi connectivity index (χ1v) is 23.8. The second kappa shape index (κ2) is 16.8. The van der Waals surface area contributed by atoms with Gasteiger partial charge in [0.25, 0.3) is 0 Å². The van der Waals surface area contributed by atoms with Crippen molar-refractivity contribution >= 4 is 49.9 Å². The Morgan fingerprint density at radius 3 is 2.62 bits per heavy atom. The van der Waals surface area contributed by atoms with E-state index in [0.717, 1.165) is 36.9 Å². The highest BCUT2D eigenvalue weighted by Crippen LogP contribution is 2.57. The van der Waals surface area contributed by atoms with E-state index in [0.29, 0.717) is 58.7 Å². The largest absolute Gasteiger partial charge is 0.496 e. The van der Waals surface area contributed by atoms with Gasteiger partial charge in [-0.3, -0.25) is 19.1 Å². The van der Waals surface area contributed by atoms with E-state index in [9.17, 15) is 27.2 Å². The number of halogens is 1. The minimum absolute atomic E-state index is 0.0644. The Morgan fingerprint density at radius 1 is 1.10 bits per heavy atom. The van der Waals surface area contributed by atoms with Crippen LogP contribution >= 0.6 is 11.3 Å². The molecular formula is C46H54FN5O7S2. The lowest BCUT2D eigenvalue weighted by molar-refractivity contribution is -0.142. The van der Waals surface area contributed by atoms with Gasteiger partial charge in [-0.15, -0.1) is 11.3 Å². The third-order valence-corrected chi connectivity index (χ3v) is 16.2. The van der Waals surface area contributed by atoms with Crippen LogP contribution in [-0.4, -0.2) is 76.4 Å². The van der Waals surface area contributed by atoms with Crippen LogP contribution in [0.25, 0.3) is 21.7 Å². The van der Waals surface area contributed by atoms with Crippen LogP contribution in [-0.2, 0) is 30.8 Å². The van der Waals surface area contributed by atoms with Crippen LogP contribution in [0.1, 0.15) is 108 Å². The number of thiazole rings is 1. The van der Waals surface area contributed by atoms with Crippen LogP contribution in [0.4, 0.5) is 4.39 Å². The number of carbonyl (C=O) groups is 3. The number of sulfonamides is 1. The molecule has 1 saturated heterocycles. The monoisotopic (exact) mass is 871 g/mol. The summed E-state index contributed by atoms with van der Waals surface area (Å²) in [5.74, 6) is -1.02. The maximum absolute atomic E-state index is 14.9. The highest BCUT2D eigenvalue weighted by atomic mass is 32.2. The zero-order valence-electron chi connectivity index (χ0n) is 35.4. The van der Waals surface area contributed by atoms with Gasteiger partial charge in [0, 0.05) is 29.7 Å². The van der Waals surface area contributed by atoms with Crippen LogP contribution in [0.5, 0.6) is 11.6 Å². The van der Waals surface area contributed by atoms with Crippen LogP contribution in [0.3, 0.4) is 0 Å². The Kier molecular flexibility index (Phi) is 11.8. The summed E-state index contributed by atoms with van der Waals surface area (Å²) in [4.78, 5) is 60.1. The fraction of sp³-hybridized carbons (Fsp3) is 0.522. The van der Waals surface area contributed by atoms with E-state index in [2.05, 4.69) is 18.6 Å². The maximum atomic E-state index is 14.9. The van der Waals surface area contributed by atoms with E-state index < -0.39 is 44.2 Å². The van der Waals surface area contributed by atoms with E-state index in [1.54, 1.807) is 25.0 Å². The fourth-order valence-corrected chi connectivity index (χ4v) is 11.1. The van der Waals surface area contributed by atoms with E-state index in [1.165, 1.54) is 23.5 Å². The number of ether oxygens (including phenoxy) is 2. The third kappa shape index (κ3) is 8.69. The van der Waals surface area contributed by atoms with Crippen molar-refractivity contribution in [3.05, 3.63) is 76.6 Å². The average molecular weight is 872 g/mol. The van der Waals surface area contributed by atoms with Gasteiger partial charge < -0.3 is 14.4 Å². The molecule has 3 fully saturated rings. The molecule has 2 aliphatic heterocycles. The lowest BCUT2D eigenvalue weighted by atomic mass is 9.90. The molecule has 0 spiro atoms. The van der Waals surface area contributed by atoms with Gasteiger partial charge in [-0.1, -0.05) is 51.0 Å². The summed E-state index contributed by atoms with van der Waals surface area (Å²) in [7, 11) is -2.37. The summed E-state index contributed by atoms with van der Waals surface area (Å²) in [5, 5.41) is 3.24. The van der Waals surface area contributed by atoms with E-state index in [-0.39, 0.29) is 61.0 Å². The minimum Gasteiger partial charge on any atom is -0.496 e. The second-order valence-corrected chi connectivity index (χ2v) is 21.0. The van der Waals surface area contributed by atoms with Gasteiger partial charge in [0.05, 0.1) is 46.5 Å². The first kappa shape index (κ1) is 42.9. The molecule has 2 amide bonds. The summed E-state index contributed by atoms with van der Waals surface area (Å²) in [6.45, 7) is 7.73. The smallest absolute Gasteiger partial charge is 0.240 e. The van der Waals surface area contributed by atoms with Gasteiger partial charge in [0.2, 0.25) is 27.7 Å². The number of amides is 2. The molecular weight excluding hydrogens is 818 g/mol. The Bertz CT molecular complexity index is 2500. The van der Waals surface area contributed by atoms with Gasteiger partial charge >= 0.3 is 0 Å². The number of aryl methyl sites for hydroxylation is 1. The molecule has 2 aliphatic carbocycles. The molecule has 2 aromatic heterocycles. The molecule has 4 heterocycles. The van der Waals surface area contributed by atoms with E-state index in [1.807, 2.05) is 42.7 Å². The standard InChI is InChI=1S/C46H54FN5O7S2/c1-27(2)35-26-60-42(48-35)40-49-39-28(3)38(58-5)17-16-34(39)41(50-40)59-33-22-36-37(53)24-46(44(55)51-61(56,57)45(4)18-19-45)23-31(46)14-10-8-6-7-9-13-30(43(54)52(36)25-33)20-29-12-11-15-32(47)21-29/h10-12,14-17,21,26-27,30-31,33,36H,6-9,13,18-20,22-25H2,1-5H3,(H,51,55)/b14-10-/t30-,31+,33-,36+,46-/m1/s1. The molecule has 1 N–H and O–H groups in total. The fourth-order valence-electron chi connectivity index (χ4n) is 8.87. The highest BCUT2D eigenvalue weighted by Gasteiger charge is 2.62. The maximum Gasteiger partial charge on any atom is 0.240 e. The molecule has 4 aliphatic rings. The number of Topliss-reactive ketones (excluding diaryl/α,β-unsaturated/α-hetero) is 1. The second-order valence-electron chi connectivity index (χ2n) is 17.9. The van der Waals surface area contributed by atoms with Gasteiger partial charge in [-0.05, 0) is 100 Å². The number of nitrogens with zero attached hydrogens (tertiary/aromatic N) is 4. The number of fused-ring (bicyclic) bond motifs is 3.